The van der Waals surface area contributed by atoms with E-state index < -0.39 is 0 Å². The van der Waals surface area contributed by atoms with Crippen LogP contribution in [0.5, 0.6) is 5.75 Å². The molecule has 17 heavy (non-hydrogen) atoms. The molecule has 84 valence electrons. The van der Waals surface area contributed by atoms with Crippen LogP contribution in [0.3, 0.4) is 0 Å². The van der Waals surface area contributed by atoms with Crippen molar-refractivity contribution >= 4 is 12.6 Å². The molecule has 1 N–H and O–H groups in total. The summed E-state index contributed by atoms with van der Waals surface area (Å²) in [5.41, 5.74) is 1.85. The predicted molar refractivity (Wildman–Crippen MR) is 64.3 cm³/mol. The van der Waals surface area contributed by atoms with Gasteiger partial charge in [0.2, 0.25) is 0 Å². The maximum Gasteiger partial charge on any atom is 0.153 e. The second-order valence-electron chi connectivity index (χ2n) is 3.61. The Bertz CT molecular complexity index is 530. The van der Waals surface area contributed by atoms with E-state index in [4.69, 9.17) is 0 Å². The quantitative estimate of drug-likeness (QED) is 0.818. The SMILES string of the molecule is O=Cc1cc(-c2ccccc2)cc(C=O)c1O. The summed E-state index contributed by atoms with van der Waals surface area (Å²) in [6, 6.07) is 12.5. The number of aldehydes is 2. The van der Waals surface area contributed by atoms with E-state index in [2.05, 4.69) is 0 Å². The van der Waals surface area contributed by atoms with Crippen molar-refractivity contribution in [1.29, 1.82) is 0 Å². The number of hydrogen-bond acceptors (Lipinski definition) is 3. The van der Waals surface area contributed by atoms with Gasteiger partial charge in [-0.15, -0.1) is 0 Å². The zero-order chi connectivity index (χ0) is 12.3. The minimum absolute atomic E-state index is 0.119. The van der Waals surface area contributed by atoms with Crippen LogP contribution < -0.4 is 0 Å². The highest BCUT2D eigenvalue weighted by molar-refractivity contribution is 5.91. The zero-order valence-electron chi connectivity index (χ0n) is 8.96. The first-order valence-electron chi connectivity index (χ1n) is 5.09. The average molecular weight is 226 g/mol. The molecule has 0 heterocycles. The minimum atomic E-state index is -0.269. The second-order valence-corrected chi connectivity index (χ2v) is 3.61. The van der Waals surface area contributed by atoms with E-state index in [0.29, 0.717) is 12.6 Å². The Morgan fingerprint density at radius 3 is 1.82 bits per heavy atom. The van der Waals surface area contributed by atoms with Crippen LogP contribution in [0, 0.1) is 0 Å². The zero-order valence-corrected chi connectivity index (χ0v) is 8.96. The number of phenolic OH excluding ortho intramolecular Hbond substituents is 1. The van der Waals surface area contributed by atoms with Gasteiger partial charge in [-0.1, -0.05) is 30.3 Å². The number of carbonyl (C=O) groups is 2. The van der Waals surface area contributed by atoms with Crippen molar-refractivity contribution in [3.8, 4) is 16.9 Å². The van der Waals surface area contributed by atoms with E-state index in [9.17, 15) is 14.7 Å². The molecule has 0 fully saturated rings. The van der Waals surface area contributed by atoms with Gasteiger partial charge in [-0.05, 0) is 23.3 Å². The third kappa shape index (κ3) is 2.08. The van der Waals surface area contributed by atoms with Gasteiger partial charge in [0.25, 0.3) is 0 Å². The van der Waals surface area contributed by atoms with Gasteiger partial charge in [0.1, 0.15) is 5.75 Å². The number of hydrogen-bond donors (Lipinski definition) is 1. The predicted octanol–water partition coefficient (Wildman–Crippen LogP) is 2.68. The molecule has 0 atom stereocenters. The minimum Gasteiger partial charge on any atom is -0.506 e. The van der Waals surface area contributed by atoms with Crippen LogP contribution in [0.2, 0.25) is 0 Å². The van der Waals surface area contributed by atoms with Crippen molar-refractivity contribution in [3.63, 3.8) is 0 Å². The molecule has 2 aromatic rings. The number of benzene rings is 2. The number of carbonyl (C=O) groups excluding carboxylic acids is 2. The average Bonchev–Trinajstić information content (AvgIpc) is 2.40. The standard InChI is InChI=1S/C14H10O3/c15-8-12-6-11(7-13(9-16)14(12)17)10-4-2-1-3-5-10/h1-9,17H. The molecule has 0 aliphatic heterocycles. The van der Waals surface area contributed by atoms with E-state index in [1.807, 2.05) is 30.3 Å². The van der Waals surface area contributed by atoms with Crippen LogP contribution in [0.25, 0.3) is 11.1 Å². The first-order valence-corrected chi connectivity index (χ1v) is 5.09. The summed E-state index contributed by atoms with van der Waals surface area (Å²) in [6.07, 6.45) is 1.07. The van der Waals surface area contributed by atoms with Gasteiger partial charge in [0.15, 0.2) is 12.6 Å². The van der Waals surface area contributed by atoms with Crippen molar-refractivity contribution < 1.29 is 14.7 Å². The molecule has 0 aliphatic rings. The summed E-state index contributed by atoms with van der Waals surface area (Å²) < 4.78 is 0. The molecule has 3 heteroatoms. The fourth-order valence-corrected chi connectivity index (χ4v) is 1.66. The summed E-state index contributed by atoms with van der Waals surface area (Å²) in [4.78, 5) is 21.6. The topological polar surface area (TPSA) is 54.4 Å². The molecule has 0 saturated heterocycles. The van der Waals surface area contributed by atoms with E-state index in [1.54, 1.807) is 12.1 Å². The van der Waals surface area contributed by atoms with Gasteiger partial charge in [-0.3, -0.25) is 9.59 Å². The molecule has 0 aromatic heterocycles. The Balaban J connectivity index is 2.64. The molecule has 0 bridgehead atoms. The van der Waals surface area contributed by atoms with Gasteiger partial charge >= 0.3 is 0 Å². The Kier molecular flexibility index (Phi) is 3.01. The second kappa shape index (κ2) is 4.61. The summed E-state index contributed by atoms with van der Waals surface area (Å²) >= 11 is 0. The monoisotopic (exact) mass is 226 g/mol. The normalized spacial score (nSPS) is 9.88. The summed E-state index contributed by atoms with van der Waals surface area (Å²) in [5, 5.41) is 9.60. The van der Waals surface area contributed by atoms with Gasteiger partial charge in [-0.25, -0.2) is 0 Å². The van der Waals surface area contributed by atoms with E-state index >= 15 is 0 Å². The Morgan fingerprint density at radius 1 is 0.824 bits per heavy atom. The third-order valence-electron chi connectivity index (χ3n) is 2.53. The Labute approximate surface area is 98.3 Å². The smallest absolute Gasteiger partial charge is 0.153 e. The molecule has 0 saturated carbocycles. The van der Waals surface area contributed by atoms with Gasteiger partial charge < -0.3 is 5.11 Å². The van der Waals surface area contributed by atoms with Gasteiger partial charge in [0.05, 0.1) is 11.1 Å². The Morgan fingerprint density at radius 2 is 1.35 bits per heavy atom. The highest BCUT2D eigenvalue weighted by Crippen LogP contribution is 2.28. The molecule has 0 unspecified atom stereocenters. The van der Waals surface area contributed by atoms with Crippen LogP contribution in [-0.4, -0.2) is 17.7 Å². The van der Waals surface area contributed by atoms with Crippen LogP contribution in [-0.2, 0) is 0 Å². The van der Waals surface area contributed by atoms with Crippen molar-refractivity contribution in [2.75, 3.05) is 0 Å². The van der Waals surface area contributed by atoms with Crippen molar-refractivity contribution in [2.45, 2.75) is 0 Å². The molecular weight excluding hydrogens is 216 g/mol. The van der Waals surface area contributed by atoms with Gasteiger partial charge in [-0.2, -0.15) is 0 Å². The van der Waals surface area contributed by atoms with Crippen LogP contribution >= 0.6 is 0 Å². The summed E-state index contributed by atoms with van der Waals surface area (Å²) in [5.74, 6) is -0.269. The number of phenols is 1. The molecule has 0 spiro atoms. The maximum atomic E-state index is 10.8. The van der Waals surface area contributed by atoms with Crippen LogP contribution in [0.4, 0.5) is 0 Å². The first-order chi connectivity index (χ1) is 8.26. The lowest BCUT2D eigenvalue weighted by atomic mass is 9.99. The van der Waals surface area contributed by atoms with E-state index in [0.717, 1.165) is 11.1 Å². The highest BCUT2D eigenvalue weighted by atomic mass is 16.3. The van der Waals surface area contributed by atoms with Crippen LogP contribution in [0.15, 0.2) is 42.5 Å². The number of aromatic hydroxyl groups is 1. The maximum absolute atomic E-state index is 10.8. The lowest BCUT2D eigenvalue weighted by Crippen LogP contribution is -1.90. The first kappa shape index (κ1) is 11.1. The summed E-state index contributed by atoms with van der Waals surface area (Å²) in [7, 11) is 0. The lowest BCUT2D eigenvalue weighted by Gasteiger charge is -2.06. The third-order valence-corrected chi connectivity index (χ3v) is 2.53. The van der Waals surface area contributed by atoms with Crippen molar-refractivity contribution in [1.82, 2.24) is 0 Å². The molecule has 0 amide bonds. The van der Waals surface area contributed by atoms with Gasteiger partial charge in [0, 0.05) is 0 Å². The van der Waals surface area contributed by atoms with Crippen molar-refractivity contribution in [3.05, 3.63) is 53.6 Å². The van der Waals surface area contributed by atoms with E-state index in [1.165, 1.54) is 0 Å². The molecule has 0 radical (unpaired) electrons. The largest absolute Gasteiger partial charge is 0.506 e. The highest BCUT2D eigenvalue weighted by Gasteiger charge is 2.09. The summed E-state index contributed by atoms with van der Waals surface area (Å²) in [6.45, 7) is 0. The fraction of sp³-hybridized carbons (Fsp3) is 0. The van der Waals surface area contributed by atoms with E-state index in [-0.39, 0.29) is 16.9 Å². The molecular formula is C14H10O3. The molecule has 3 nitrogen and oxygen atoms in total. The Hall–Kier alpha value is -2.42. The fourth-order valence-electron chi connectivity index (χ4n) is 1.66. The molecule has 2 rings (SSSR count). The van der Waals surface area contributed by atoms with Crippen LogP contribution in [0.1, 0.15) is 20.7 Å². The molecule has 2 aromatic carbocycles. The molecule has 0 aliphatic carbocycles. The van der Waals surface area contributed by atoms with Crippen molar-refractivity contribution in [2.24, 2.45) is 0 Å². The lowest BCUT2D eigenvalue weighted by molar-refractivity contribution is 0.112. The number of rotatable bonds is 3.